The number of hydrogen-bond donors (Lipinski definition) is 1. The largest absolute Gasteiger partial charge is 0.435 e. The fourth-order valence-corrected chi connectivity index (χ4v) is 1.62. The second-order valence-corrected chi connectivity index (χ2v) is 4.38. The number of nitriles is 1. The standard InChI is InChI=1S/C13H7ClF3N3O/c14-8-2-3-9(19)10(5-8)21-12-7(6-18)1-4-11(20-12)13(15,16)17/h1-5H,19H2. The Morgan fingerprint density at radius 1 is 1.24 bits per heavy atom. The zero-order chi connectivity index (χ0) is 15.6. The van der Waals surface area contributed by atoms with Gasteiger partial charge in [0.25, 0.3) is 0 Å². The average Bonchev–Trinajstić information content (AvgIpc) is 2.42. The van der Waals surface area contributed by atoms with E-state index < -0.39 is 17.8 Å². The van der Waals surface area contributed by atoms with Gasteiger partial charge >= 0.3 is 6.18 Å². The van der Waals surface area contributed by atoms with Crippen molar-refractivity contribution in [3.05, 3.63) is 46.6 Å². The highest BCUT2D eigenvalue weighted by Crippen LogP contribution is 2.34. The smallest absolute Gasteiger partial charge is 0.433 e. The van der Waals surface area contributed by atoms with Gasteiger partial charge in [-0.15, -0.1) is 0 Å². The van der Waals surface area contributed by atoms with Gasteiger partial charge in [-0.3, -0.25) is 0 Å². The Labute approximate surface area is 122 Å². The maximum atomic E-state index is 12.6. The van der Waals surface area contributed by atoms with Crippen molar-refractivity contribution in [3.8, 4) is 17.7 Å². The van der Waals surface area contributed by atoms with Crippen LogP contribution in [0.2, 0.25) is 5.02 Å². The molecule has 0 atom stereocenters. The number of ether oxygens (including phenoxy) is 1. The summed E-state index contributed by atoms with van der Waals surface area (Å²) in [6.45, 7) is 0. The Kier molecular flexibility index (Phi) is 3.91. The van der Waals surface area contributed by atoms with Crippen LogP contribution < -0.4 is 10.5 Å². The molecule has 0 aliphatic rings. The van der Waals surface area contributed by atoms with E-state index in [4.69, 9.17) is 27.3 Å². The Hall–Kier alpha value is -2.46. The third-order valence-corrected chi connectivity index (χ3v) is 2.69. The van der Waals surface area contributed by atoms with E-state index in [1.54, 1.807) is 6.07 Å². The normalized spacial score (nSPS) is 11.0. The minimum Gasteiger partial charge on any atom is -0.435 e. The van der Waals surface area contributed by atoms with E-state index in [-0.39, 0.29) is 22.0 Å². The molecule has 2 aromatic rings. The summed E-state index contributed by atoms with van der Waals surface area (Å²) in [5.41, 5.74) is 4.47. The quantitative estimate of drug-likeness (QED) is 0.851. The van der Waals surface area contributed by atoms with Crippen molar-refractivity contribution in [2.45, 2.75) is 6.18 Å². The van der Waals surface area contributed by atoms with E-state index in [1.165, 1.54) is 18.2 Å². The number of alkyl halides is 3. The summed E-state index contributed by atoms with van der Waals surface area (Å²) >= 11 is 5.76. The third-order valence-electron chi connectivity index (χ3n) is 2.45. The van der Waals surface area contributed by atoms with Crippen LogP contribution in [0.25, 0.3) is 0 Å². The molecule has 0 amide bonds. The van der Waals surface area contributed by atoms with Crippen LogP contribution in [-0.2, 0) is 6.18 Å². The molecule has 4 nitrogen and oxygen atoms in total. The summed E-state index contributed by atoms with van der Waals surface area (Å²) in [6, 6.07) is 7.62. The van der Waals surface area contributed by atoms with Gasteiger partial charge in [-0.1, -0.05) is 11.6 Å². The Bertz CT molecular complexity index is 726. The summed E-state index contributed by atoms with van der Waals surface area (Å²) in [5, 5.41) is 9.19. The highest BCUT2D eigenvalue weighted by molar-refractivity contribution is 6.30. The predicted molar refractivity (Wildman–Crippen MR) is 69.9 cm³/mol. The molecule has 108 valence electrons. The van der Waals surface area contributed by atoms with Gasteiger partial charge in [-0.25, -0.2) is 4.98 Å². The molecule has 0 fully saturated rings. The number of halogens is 4. The molecule has 1 aromatic carbocycles. The summed E-state index contributed by atoms with van der Waals surface area (Å²) < 4.78 is 43.1. The number of hydrogen-bond acceptors (Lipinski definition) is 4. The molecule has 2 N–H and O–H groups in total. The molecule has 8 heteroatoms. The van der Waals surface area contributed by atoms with E-state index in [2.05, 4.69) is 4.98 Å². The first-order chi connectivity index (χ1) is 9.81. The molecular formula is C13H7ClF3N3O. The highest BCUT2D eigenvalue weighted by atomic mass is 35.5. The van der Waals surface area contributed by atoms with E-state index in [9.17, 15) is 13.2 Å². The van der Waals surface area contributed by atoms with Crippen LogP contribution in [0.1, 0.15) is 11.3 Å². The molecule has 0 aliphatic carbocycles. The second kappa shape index (κ2) is 5.50. The maximum Gasteiger partial charge on any atom is 0.433 e. The van der Waals surface area contributed by atoms with Crippen molar-refractivity contribution in [1.82, 2.24) is 4.98 Å². The van der Waals surface area contributed by atoms with Gasteiger partial charge in [-0.05, 0) is 24.3 Å². The topological polar surface area (TPSA) is 71.9 Å². The molecule has 1 aromatic heterocycles. The third kappa shape index (κ3) is 3.35. The van der Waals surface area contributed by atoms with Gasteiger partial charge in [0.05, 0.1) is 5.69 Å². The number of anilines is 1. The molecule has 0 radical (unpaired) electrons. The fraction of sp³-hybridized carbons (Fsp3) is 0.0769. The number of pyridine rings is 1. The monoisotopic (exact) mass is 313 g/mol. The van der Waals surface area contributed by atoms with Crippen molar-refractivity contribution in [3.63, 3.8) is 0 Å². The van der Waals surface area contributed by atoms with Crippen molar-refractivity contribution < 1.29 is 17.9 Å². The first-order valence-electron chi connectivity index (χ1n) is 5.52. The zero-order valence-electron chi connectivity index (χ0n) is 10.3. The molecule has 0 aliphatic heterocycles. The number of nitrogens with two attached hydrogens (primary N) is 1. The van der Waals surface area contributed by atoms with E-state index in [0.717, 1.165) is 6.07 Å². The Balaban J connectivity index is 2.47. The summed E-state index contributed by atoms with van der Waals surface area (Å²) in [7, 11) is 0. The van der Waals surface area contributed by atoms with Crippen LogP contribution in [-0.4, -0.2) is 4.98 Å². The molecule has 0 saturated heterocycles. The average molecular weight is 314 g/mol. The van der Waals surface area contributed by atoms with E-state index >= 15 is 0 Å². The van der Waals surface area contributed by atoms with Crippen LogP contribution in [0.15, 0.2) is 30.3 Å². The lowest BCUT2D eigenvalue weighted by molar-refractivity contribution is -0.141. The van der Waals surface area contributed by atoms with E-state index in [0.29, 0.717) is 6.07 Å². The fourth-order valence-electron chi connectivity index (χ4n) is 1.46. The molecule has 0 spiro atoms. The lowest BCUT2D eigenvalue weighted by Gasteiger charge is -2.11. The summed E-state index contributed by atoms with van der Waals surface area (Å²) in [6.07, 6.45) is -4.65. The number of aromatic nitrogens is 1. The molecule has 0 saturated carbocycles. The van der Waals surface area contributed by atoms with Gasteiger partial charge in [0, 0.05) is 11.1 Å². The summed E-state index contributed by atoms with van der Waals surface area (Å²) in [5.74, 6) is -0.466. The van der Waals surface area contributed by atoms with Crippen molar-refractivity contribution >= 4 is 17.3 Å². The number of nitrogens with zero attached hydrogens (tertiary/aromatic N) is 2. The van der Waals surface area contributed by atoms with Crippen LogP contribution in [0.3, 0.4) is 0 Å². The zero-order valence-corrected chi connectivity index (χ0v) is 11.0. The minimum atomic E-state index is -4.65. The lowest BCUT2D eigenvalue weighted by Crippen LogP contribution is -2.09. The SMILES string of the molecule is N#Cc1ccc(C(F)(F)F)nc1Oc1cc(Cl)ccc1N. The maximum absolute atomic E-state index is 12.6. The Morgan fingerprint density at radius 2 is 1.95 bits per heavy atom. The van der Waals surface area contributed by atoms with Gasteiger partial charge < -0.3 is 10.5 Å². The van der Waals surface area contributed by atoms with Crippen molar-refractivity contribution in [1.29, 1.82) is 5.26 Å². The molecule has 2 rings (SSSR count). The minimum absolute atomic E-state index is 0.0193. The van der Waals surface area contributed by atoms with Crippen LogP contribution in [0.5, 0.6) is 11.6 Å². The first-order valence-corrected chi connectivity index (χ1v) is 5.90. The molecule has 1 heterocycles. The van der Waals surface area contributed by atoms with Crippen LogP contribution >= 0.6 is 11.6 Å². The van der Waals surface area contributed by atoms with Gasteiger partial charge in [0.1, 0.15) is 17.3 Å². The number of nitrogen functional groups attached to an aromatic ring is 1. The molecular weight excluding hydrogens is 307 g/mol. The second-order valence-electron chi connectivity index (χ2n) is 3.94. The van der Waals surface area contributed by atoms with Crippen molar-refractivity contribution in [2.75, 3.05) is 5.73 Å². The van der Waals surface area contributed by atoms with E-state index in [1.807, 2.05) is 0 Å². The molecule has 0 unspecified atom stereocenters. The lowest BCUT2D eigenvalue weighted by atomic mass is 10.2. The number of benzene rings is 1. The number of rotatable bonds is 2. The predicted octanol–water partition coefficient (Wildman–Crippen LogP) is 4.00. The Morgan fingerprint density at radius 3 is 2.57 bits per heavy atom. The van der Waals surface area contributed by atoms with Crippen LogP contribution in [0, 0.1) is 11.3 Å². The summed E-state index contributed by atoms with van der Waals surface area (Å²) in [4.78, 5) is 3.31. The van der Waals surface area contributed by atoms with Crippen molar-refractivity contribution in [2.24, 2.45) is 0 Å². The molecule has 21 heavy (non-hydrogen) atoms. The molecule has 0 bridgehead atoms. The highest BCUT2D eigenvalue weighted by Gasteiger charge is 2.33. The van der Waals surface area contributed by atoms with Gasteiger partial charge in [0.2, 0.25) is 5.88 Å². The van der Waals surface area contributed by atoms with Gasteiger partial charge in [0.15, 0.2) is 5.75 Å². The first kappa shape index (κ1) is 14.9. The van der Waals surface area contributed by atoms with Gasteiger partial charge in [-0.2, -0.15) is 18.4 Å². The van der Waals surface area contributed by atoms with Crippen LogP contribution in [0.4, 0.5) is 18.9 Å².